The number of fused-ring (bicyclic) bond motifs is 7. The molecule has 0 amide bonds. The second-order valence-corrected chi connectivity index (χ2v) is 12.8. The van der Waals surface area contributed by atoms with E-state index in [0.29, 0.717) is 53.4 Å². The topological polar surface area (TPSA) is 58.9 Å². The van der Waals surface area contributed by atoms with Crippen molar-refractivity contribution in [2.45, 2.75) is 103 Å². The van der Waals surface area contributed by atoms with Crippen LogP contribution in [0, 0.1) is 46.3 Å². The van der Waals surface area contributed by atoms with Gasteiger partial charge in [-0.3, -0.25) is 0 Å². The lowest BCUT2D eigenvalue weighted by Gasteiger charge is -2.59. The van der Waals surface area contributed by atoms with Gasteiger partial charge < -0.3 is 19.7 Å². The molecule has 0 radical (unpaired) electrons. The van der Waals surface area contributed by atoms with Crippen LogP contribution in [-0.4, -0.2) is 40.9 Å². The van der Waals surface area contributed by atoms with Gasteiger partial charge in [-0.05, 0) is 73.5 Å². The fourth-order valence-electron chi connectivity index (χ4n) is 9.72. The summed E-state index contributed by atoms with van der Waals surface area (Å²) in [6, 6.07) is 0. The zero-order chi connectivity index (χ0) is 21.8. The average Bonchev–Trinajstić information content (AvgIpc) is 3.16. The molecule has 1 spiro atoms. The fraction of sp³-hybridized carbons (Fsp3) is 0.926. The summed E-state index contributed by atoms with van der Waals surface area (Å²) in [6.45, 7) is 10.4. The van der Waals surface area contributed by atoms with Crippen LogP contribution in [0.3, 0.4) is 0 Å². The molecule has 2 N–H and O–H groups in total. The monoisotopic (exact) mass is 430 g/mol. The van der Waals surface area contributed by atoms with Gasteiger partial charge in [0.2, 0.25) is 0 Å². The van der Waals surface area contributed by atoms with Gasteiger partial charge in [-0.1, -0.05) is 39.3 Å². The highest BCUT2D eigenvalue weighted by Gasteiger charge is 2.69. The van der Waals surface area contributed by atoms with Gasteiger partial charge in [0.05, 0.1) is 24.9 Å². The van der Waals surface area contributed by atoms with E-state index in [0.717, 1.165) is 32.3 Å². The SMILES string of the molecule is C[C@@H]1CC[C@@]2(OC1)O[C@H]1C[C@@H]3[C@@H]4CC=C5C[C@H](O)C[C@H](O)[C@@]5(C)[C@H]4CC[C@@]3(C)[C@H]1[C@@H]2C. The van der Waals surface area contributed by atoms with Crippen LogP contribution < -0.4 is 0 Å². The summed E-state index contributed by atoms with van der Waals surface area (Å²) in [5, 5.41) is 21.4. The molecule has 0 unspecified atom stereocenters. The molecule has 2 heterocycles. The molecule has 31 heavy (non-hydrogen) atoms. The smallest absolute Gasteiger partial charge is 0.171 e. The van der Waals surface area contributed by atoms with Crippen molar-refractivity contribution >= 4 is 0 Å². The van der Waals surface area contributed by atoms with Crippen LogP contribution in [0.4, 0.5) is 0 Å². The summed E-state index contributed by atoms with van der Waals surface area (Å²) in [6.07, 6.45) is 10.2. The summed E-state index contributed by atoms with van der Waals surface area (Å²) in [4.78, 5) is 0. The van der Waals surface area contributed by atoms with Crippen molar-refractivity contribution in [3.63, 3.8) is 0 Å². The van der Waals surface area contributed by atoms with Gasteiger partial charge in [-0.15, -0.1) is 0 Å². The van der Waals surface area contributed by atoms with Gasteiger partial charge in [0.15, 0.2) is 5.79 Å². The summed E-state index contributed by atoms with van der Waals surface area (Å²) < 4.78 is 13.3. The molecule has 2 aliphatic heterocycles. The molecule has 0 bridgehead atoms. The van der Waals surface area contributed by atoms with Crippen LogP contribution in [0.15, 0.2) is 11.6 Å². The van der Waals surface area contributed by atoms with Gasteiger partial charge in [-0.2, -0.15) is 0 Å². The van der Waals surface area contributed by atoms with Crippen molar-refractivity contribution in [2.75, 3.05) is 6.61 Å². The minimum atomic E-state index is -0.420. The predicted octanol–water partition coefficient (Wildman–Crippen LogP) is 4.68. The minimum absolute atomic E-state index is 0.155. The first-order chi connectivity index (χ1) is 14.7. The highest BCUT2D eigenvalue weighted by molar-refractivity contribution is 5.28. The number of aliphatic hydroxyl groups excluding tert-OH is 2. The van der Waals surface area contributed by atoms with Gasteiger partial charge in [-0.25, -0.2) is 0 Å². The van der Waals surface area contributed by atoms with Crippen LogP contribution in [0.5, 0.6) is 0 Å². The lowest BCUT2D eigenvalue weighted by molar-refractivity contribution is -0.272. The molecule has 3 saturated carbocycles. The van der Waals surface area contributed by atoms with Gasteiger partial charge in [0, 0.05) is 24.2 Å². The van der Waals surface area contributed by atoms with Gasteiger partial charge >= 0.3 is 0 Å². The first-order valence-corrected chi connectivity index (χ1v) is 13.1. The summed E-state index contributed by atoms with van der Waals surface area (Å²) in [7, 11) is 0. The van der Waals surface area contributed by atoms with Gasteiger partial charge in [0.25, 0.3) is 0 Å². The van der Waals surface area contributed by atoms with Crippen LogP contribution >= 0.6 is 0 Å². The maximum Gasteiger partial charge on any atom is 0.171 e. The molecule has 12 atom stereocenters. The number of hydrogen-bond donors (Lipinski definition) is 2. The molecular formula is C27H42O4. The second-order valence-electron chi connectivity index (χ2n) is 12.8. The molecule has 0 aromatic carbocycles. The van der Waals surface area contributed by atoms with Crippen molar-refractivity contribution < 1.29 is 19.7 Å². The molecule has 4 nitrogen and oxygen atoms in total. The Morgan fingerprint density at radius 1 is 1.03 bits per heavy atom. The largest absolute Gasteiger partial charge is 0.393 e. The zero-order valence-corrected chi connectivity index (χ0v) is 19.8. The Balaban J connectivity index is 1.29. The van der Waals surface area contributed by atoms with Crippen molar-refractivity contribution in [3.8, 4) is 0 Å². The van der Waals surface area contributed by atoms with Crippen LogP contribution in [0.25, 0.3) is 0 Å². The quantitative estimate of drug-likeness (QED) is 0.548. The van der Waals surface area contributed by atoms with Gasteiger partial charge in [0.1, 0.15) is 0 Å². The van der Waals surface area contributed by atoms with Crippen molar-refractivity contribution in [1.82, 2.24) is 0 Å². The van der Waals surface area contributed by atoms with E-state index in [-0.39, 0.29) is 17.3 Å². The third-order valence-electron chi connectivity index (χ3n) is 11.4. The van der Waals surface area contributed by atoms with E-state index in [2.05, 4.69) is 33.8 Å². The average molecular weight is 431 g/mol. The Bertz CT molecular complexity index is 769. The lowest BCUT2D eigenvalue weighted by Crippen LogP contribution is -2.56. The van der Waals surface area contributed by atoms with Crippen molar-refractivity contribution in [1.29, 1.82) is 0 Å². The molecule has 4 aliphatic carbocycles. The molecule has 2 saturated heterocycles. The number of rotatable bonds is 0. The Labute approximate surface area is 187 Å². The molecule has 6 rings (SSSR count). The van der Waals surface area contributed by atoms with E-state index in [1.54, 1.807) is 0 Å². The summed E-state index contributed by atoms with van der Waals surface area (Å²) >= 11 is 0. The number of hydrogen-bond acceptors (Lipinski definition) is 4. The molecule has 6 aliphatic rings. The zero-order valence-electron chi connectivity index (χ0n) is 19.8. The first kappa shape index (κ1) is 21.1. The van der Waals surface area contributed by atoms with E-state index in [1.807, 2.05) is 0 Å². The number of aliphatic hydroxyl groups is 2. The van der Waals surface area contributed by atoms with E-state index in [1.165, 1.54) is 24.8 Å². The van der Waals surface area contributed by atoms with Crippen LogP contribution in [-0.2, 0) is 9.47 Å². The predicted molar refractivity (Wildman–Crippen MR) is 119 cm³/mol. The second kappa shape index (κ2) is 6.81. The highest BCUT2D eigenvalue weighted by Crippen LogP contribution is 2.70. The maximum absolute atomic E-state index is 11.1. The minimum Gasteiger partial charge on any atom is -0.393 e. The number of allylic oxidation sites excluding steroid dienone is 1. The van der Waals surface area contributed by atoms with E-state index in [9.17, 15) is 10.2 Å². The molecule has 0 aromatic rings. The fourth-order valence-corrected chi connectivity index (χ4v) is 9.72. The molecule has 0 aromatic heterocycles. The molecule has 4 heteroatoms. The van der Waals surface area contributed by atoms with E-state index < -0.39 is 6.10 Å². The Morgan fingerprint density at radius 3 is 2.58 bits per heavy atom. The third kappa shape index (κ3) is 2.68. The highest BCUT2D eigenvalue weighted by atomic mass is 16.7. The lowest BCUT2D eigenvalue weighted by atomic mass is 9.46. The van der Waals surface area contributed by atoms with Crippen LogP contribution in [0.1, 0.15) is 79.1 Å². The maximum atomic E-state index is 11.1. The molecule has 5 fully saturated rings. The van der Waals surface area contributed by atoms with Crippen molar-refractivity contribution in [3.05, 3.63) is 11.6 Å². The normalized spacial score (nSPS) is 60.7. The standard InChI is InChI=1S/C27H42O4/c1-15-7-10-27(30-14-15)16(2)24-22(31-27)13-21-19-6-5-17-11-18(28)12-23(29)26(17,4)20(19)8-9-25(21,24)3/h5,15-16,18-24,28-29H,6-14H2,1-4H3/t15-,16+,18+,19-,20+,21-,22+,23+,24+,25-,26-,27-/m1/s1. The third-order valence-corrected chi connectivity index (χ3v) is 11.4. The summed E-state index contributed by atoms with van der Waals surface area (Å²) in [5.74, 6) is 3.17. The first-order valence-electron chi connectivity index (χ1n) is 13.1. The Morgan fingerprint density at radius 2 is 1.84 bits per heavy atom. The Kier molecular flexibility index (Phi) is 4.64. The van der Waals surface area contributed by atoms with E-state index in [4.69, 9.17) is 9.47 Å². The van der Waals surface area contributed by atoms with Crippen LogP contribution in [0.2, 0.25) is 0 Å². The molecule has 174 valence electrons. The Hall–Kier alpha value is -0.420. The number of ether oxygens (including phenoxy) is 2. The van der Waals surface area contributed by atoms with E-state index >= 15 is 0 Å². The summed E-state index contributed by atoms with van der Waals surface area (Å²) in [5.41, 5.74) is 1.48. The molecular weight excluding hydrogens is 388 g/mol. The van der Waals surface area contributed by atoms with Crippen molar-refractivity contribution in [2.24, 2.45) is 46.3 Å².